The molecule has 1 heterocycles. The van der Waals surface area contributed by atoms with Gasteiger partial charge in [-0.05, 0) is 23.6 Å². The zero-order chi connectivity index (χ0) is 17.2. The molecule has 25 heavy (non-hydrogen) atoms. The van der Waals surface area contributed by atoms with E-state index in [9.17, 15) is 9.59 Å². The van der Waals surface area contributed by atoms with Gasteiger partial charge in [0.25, 0.3) is 11.8 Å². The molecule has 0 spiro atoms. The van der Waals surface area contributed by atoms with E-state index in [1.807, 2.05) is 5.38 Å². The summed E-state index contributed by atoms with van der Waals surface area (Å²) in [4.78, 5) is 24.5. The SMILES string of the molecule is COCCNCCNC(=O)c1ccccc1NC(=O)c1ccsc1.Cl. The van der Waals surface area contributed by atoms with E-state index >= 15 is 0 Å². The van der Waals surface area contributed by atoms with Gasteiger partial charge in [0, 0.05) is 32.1 Å². The van der Waals surface area contributed by atoms with Crippen LogP contribution in [0.25, 0.3) is 0 Å². The topological polar surface area (TPSA) is 79.5 Å². The average Bonchev–Trinajstić information content (AvgIpc) is 3.13. The van der Waals surface area contributed by atoms with Gasteiger partial charge in [-0.15, -0.1) is 12.4 Å². The molecule has 0 aliphatic carbocycles. The van der Waals surface area contributed by atoms with Crippen LogP contribution in [0.1, 0.15) is 20.7 Å². The Morgan fingerprint density at radius 2 is 1.88 bits per heavy atom. The number of ether oxygens (including phenoxy) is 1. The Labute approximate surface area is 157 Å². The Bertz CT molecular complexity index is 665. The lowest BCUT2D eigenvalue weighted by Crippen LogP contribution is -2.33. The van der Waals surface area contributed by atoms with E-state index in [0.717, 1.165) is 6.54 Å². The van der Waals surface area contributed by atoms with Crippen molar-refractivity contribution in [1.82, 2.24) is 10.6 Å². The largest absolute Gasteiger partial charge is 0.383 e. The minimum Gasteiger partial charge on any atom is -0.383 e. The van der Waals surface area contributed by atoms with Gasteiger partial charge in [-0.3, -0.25) is 9.59 Å². The number of halogens is 1. The molecule has 0 aliphatic rings. The lowest BCUT2D eigenvalue weighted by molar-refractivity contribution is 0.0954. The van der Waals surface area contributed by atoms with Gasteiger partial charge in [0.15, 0.2) is 0 Å². The summed E-state index contributed by atoms with van der Waals surface area (Å²) in [5.41, 5.74) is 1.52. The van der Waals surface area contributed by atoms with Crippen molar-refractivity contribution in [3.05, 3.63) is 52.2 Å². The number of para-hydroxylation sites is 1. The minimum absolute atomic E-state index is 0. The molecular weight excluding hydrogens is 362 g/mol. The van der Waals surface area contributed by atoms with Crippen LogP contribution in [0.3, 0.4) is 0 Å². The molecule has 0 fully saturated rings. The normalized spacial score (nSPS) is 9.96. The van der Waals surface area contributed by atoms with Crippen molar-refractivity contribution < 1.29 is 14.3 Å². The minimum atomic E-state index is -0.224. The third kappa shape index (κ3) is 6.83. The standard InChI is InChI=1S/C17H21N3O3S.ClH/c1-23-10-9-18-7-8-19-17(22)14-4-2-3-5-15(14)20-16(21)13-6-11-24-12-13;/h2-6,11-12,18H,7-10H2,1H3,(H,19,22)(H,20,21);1H. The predicted octanol–water partition coefficient (Wildman–Crippen LogP) is 2.39. The molecule has 0 aliphatic heterocycles. The second kappa shape index (κ2) is 11.6. The van der Waals surface area contributed by atoms with E-state index in [-0.39, 0.29) is 24.2 Å². The number of nitrogens with one attached hydrogen (secondary N) is 3. The maximum atomic E-state index is 12.3. The van der Waals surface area contributed by atoms with E-state index in [0.29, 0.717) is 36.5 Å². The second-order valence-electron chi connectivity index (χ2n) is 5.01. The third-order valence-corrected chi connectivity index (χ3v) is 3.96. The first kappa shape index (κ1) is 21.1. The molecule has 0 atom stereocenters. The fraction of sp³-hybridized carbons (Fsp3) is 0.294. The summed E-state index contributed by atoms with van der Waals surface area (Å²) in [7, 11) is 1.64. The van der Waals surface area contributed by atoms with Crippen molar-refractivity contribution >= 4 is 41.2 Å². The summed E-state index contributed by atoms with van der Waals surface area (Å²) in [5.74, 6) is -0.442. The molecule has 0 saturated carbocycles. The van der Waals surface area contributed by atoms with Crippen LogP contribution in [0.15, 0.2) is 41.1 Å². The smallest absolute Gasteiger partial charge is 0.256 e. The fourth-order valence-corrected chi connectivity index (χ4v) is 2.67. The summed E-state index contributed by atoms with van der Waals surface area (Å²) < 4.78 is 4.93. The molecule has 2 aromatic rings. The maximum absolute atomic E-state index is 12.3. The number of thiophene rings is 1. The number of hydrogen-bond acceptors (Lipinski definition) is 5. The number of amides is 2. The van der Waals surface area contributed by atoms with Gasteiger partial charge in [0.1, 0.15) is 0 Å². The van der Waals surface area contributed by atoms with Crippen LogP contribution in [0, 0.1) is 0 Å². The number of anilines is 1. The summed E-state index contributed by atoms with van der Waals surface area (Å²) in [5, 5.41) is 12.4. The number of benzene rings is 1. The van der Waals surface area contributed by atoms with Crippen molar-refractivity contribution in [2.24, 2.45) is 0 Å². The molecule has 0 radical (unpaired) electrons. The first-order valence-corrected chi connectivity index (χ1v) is 8.57. The summed E-state index contributed by atoms with van der Waals surface area (Å²) in [6.07, 6.45) is 0. The number of methoxy groups -OCH3 is 1. The highest BCUT2D eigenvalue weighted by Gasteiger charge is 2.13. The van der Waals surface area contributed by atoms with Crippen LogP contribution < -0.4 is 16.0 Å². The van der Waals surface area contributed by atoms with Crippen molar-refractivity contribution in [2.75, 3.05) is 38.7 Å². The van der Waals surface area contributed by atoms with Crippen LogP contribution in [-0.4, -0.2) is 45.2 Å². The summed E-state index contributed by atoms with van der Waals surface area (Å²) in [6.45, 7) is 2.51. The van der Waals surface area contributed by atoms with Crippen molar-refractivity contribution in [3.63, 3.8) is 0 Å². The van der Waals surface area contributed by atoms with Gasteiger partial charge in [-0.25, -0.2) is 0 Å². The fourth-order valence-electron chi connectivity index (χ4n) is 2.04. The molecule has 1 aromatic carbocycles. The lowest BCUT2D eigenvalue weighted by Gasteiger charge is -2.11. The lowest BCUT2D eigenvalue weighted by atomic mass is 10.1. The highest BCUT2D eigenvalue weighted by molar-refractivity contribution is 7.08. The predicted molar refractivity (Wildman–Crippen MR) is 103 cm³/mol. The van der Waals surface area contributed by atoms with Gasteiger partial charge >= 0.3 is 0 Å². The van der Waals surface area contributed by atoms with E-state index in [4.69, 9.17) is 4.74 Å². The molecular formula is C17H22ClN3O3S. The van der Waals surface area contributed by atoms with Crippen LogP contribution in [0.5, 0.6) is 0 Å². The van der Waals surface area contributed by atoms with Crippen LogP contribution >= 0.6 is 23.7 Å². The Kier molecular flexibility index (Phi) is 9.79. The molecule has 1 aromatic heterocycles. The molecule has 2 rings (SSSR count). The molecule has 0 saturated heterocycles. The van der Waals surface area contributed by atoms with Crippen molar-refractivity contribution in [3.8, 4) is 0 Å². The van der Waals surface area contributed by atoms with E-state index in [1.165, 1.54) is 11.3 Å². The van der Waals surface area contributed by atoms with E-state index < -0.39 is 0 Å². The Balaban J connectivity index is 0.00000312. The zero-order valence-corrected chi connectivity index (χ0v) is 15.5. The first-order chi connectivity index (χ1) is 11.7. The maximum Gasteiger partial charge on any atom is 0.256 e. The van der Waals surface area contributed by atoms with Crippen LogP contribution in [0.4, 0.5) is 5.69 Å². The quantitative estimate of drug-likeness (QED) is 0.581. The van der Waals surface area contributed by atoms with Gasteiger partial charge in [-0.1, -0.05) is 12.1 Å². The van der Waals surface area contributed by atoms with Crippen LogP contribution in [0.2, 0.25) is 0 Å². The summed E-state index contributed by atoms with van der Waals surface area (Å²) in [6, 6.07) is 8.71. The highest BCUT2D eigenvalue weighted by Crippen LogP contribution is 2.17. The van der Waals surface area contributed by atoms with Crippen molar-refractivity contribution in [1.29, 1.82) is 0 Å². The number of carbonyl (C=O) groups excluding carboxylic acids is 2. The number of rotatable bonds is 9. The van der Waals surface area contributed by atoms with E-state index in [1.54, 1.807) is 42.8 Å². The van der Waals surface area contributed by atoms with Crippen molar-refractivity contribution in [2.45, 2.75) is 0 Å². The molecule has 8 heteroatoms. The second-order valence-corrected chi connectivity index (χ2v) is 5.79. The summed E-state index contributed by atoms with van der Waals surface area (Å²) >= 11 is 1.45. The molecule has 6 nitrogen and oxygen atoms in total. The van der Waals surface area contributed by atoms with Gasteiger partial charge < -0.3 is 20.7 Å². The monoisotopic (exact) mass is 383 g/mol. The zero-order valence-electron chi connectivity index (χ0n) is 13.9. The molecule has 0 bridgehead atoms. The Morgan fingerprint density at radius 3 is 2.60 bits per heavy atom. The average molecular weight is 384 g/mol. The highest BCUT2D eigenvalue weighted by atomic mass is 35.5. The number of carbonyl (C=O) groups is 2. The molecule has 3 N–H and O–H groups in total. The Morgan fingerprint density at radius 1 is 1.08 bits per heavy atom. The molecule has 2 amide bonds. The Hall–Kier alpha value is -1.93. The van der Waals surface area contributed by atoms with Gasteiger partial charge in [0.05, 0.1) is 23.4 Å². The third-order valence-electron chi connectivity index (χ3n) is 3.27. The van der Waals surface area contributed by atoms with Gasteiger partial charge in [0.2, 0.25) is 0 Å². The molecule has 136 valence electrons. The van der Waals surface area contributed by atoms with E-state index in [2.05, 4.69) is 16.0 Å². The number of hydrogen-bond donors (Lipinski definition) is 3. The van der Waals surface area contributed by atoms with Gasteiger partial charge in [-0.2, -0.15) is 11.3 Å². The first-order valence-electron chi connectivity index (χ1n) is 7.63. The van der Waals surface area contributed by atoms with Crippen LogP contribution in [-0.2, 0) is 4.74 Å². The molecule has 0 unspecified atom stereocenters.